The largest absolute Gasteiger partial charge is 0.396 e. The van der Waals surface area contributed by atoms with E-state index in [1.807, 2.05) is 25.8 Å². The molecule has 0 saturated carbocycles. The predicted octanol–water partition coefficient (Wildman–Crippen LogP) is 4.53. The maximum atomic E-state index is 14.5. The summed E-state index contributed by atoms with van der Waals surface area (Å²) >= 11 is 0. The number of fused-ring (bicyclic) bond motifs is 2. The fraction of sp³-hybridized carbons (Fsp3) is 0.444. The van der Waals surface area contributed by atoms with Crippen LogP contribution in [0.5, 0.6) is 0 Å². The number of rotatable bonds is 10. The molecule has 7 nitrogen and oxygen atoms in total. The number of pyridine rings is 1. The van der Waals surface area contributed by atoms with Crippen molar-refractivity contribution in [2.75, 3.05) is 27.4 Å². The van der Waals surface area contributed by atoms with Crippen LogP contribution in [0.4, 0.5) is 4.39 Å². The molecule has 0 unspecified atom stereocenters. The third-order valence-corrected chi connectivity index (χ3v) is 6.35. The zero-order chi connectivity index (χ0) is 25.8. The van der Waals surface area contributed by atoms with Gasteiger partial charge in [-0.2, -0.15) is 0 Å². The molecule has 1 aromatic heterocycles. The quantitative estimate of drug-likeness (QED) is 0.176. The molecule has 0 radical (unpaired) electrons. The van der Waals surface area contributed by atoms with E-state index in [9.17, 15) is 14.3 Å². The molecule has 1 aliphatic heterocycles. The molecule has 8 heteroatoms. The molecule has 0 amide bonds. The van der Waals surface area contributed by atoms with Crippen molar-refractivity contribution >= 4 is 29.1 Å². The summed E-state index contributed by atoms with van der Waals surface area (Å²) in [5.41, 5.74) is 3.64. The average molecular weight is 484 g/mol. The highest BCUT2D eigenvalue weighted by Crippen LogP contribution is 2.38. The first-order valence-electron chi connectivity index (χ1n) is 11.8. The monoisotopic (exact) mass is 483 g/mol. The Bertz CT molecular complexity index is 1200. The normalized spacial score (nSPS) is 17.1. The molecular formula is C27H34FN3O4. The summed E-state index contributed by atoms with van der Waals surface area (Å²) in [6, 6.07) is 3.20. The van der Waals surface area contributed by atoms with Gasteiger partial charge in [-0.3, -0.25) is 4.79 Å². The molecule has 0 fully saturated rings. The second kappa shape index (κ2) is 11.1. The fourth-order valence-corrected chi connectivity index (χ4v) is 4.14. The van der Waals surface area contributed by atoms with Crippen molar-refractivity contribution in [3.63, 3.8) is 0 Å². The number of aliphatic hydroxyl groups is 1. The Hall–Kier alpha value is -3.10. The van der Waals surface area contributed by atoms with Gasteiger partial charge in [-0.1, -0.05) is 19.0 Å². The average Bonchev–Trinajstić information content (AvgIpc) is 3.13. The number of hydrogen-bond acceptors (Lipinski definition) is 7. The minimum atomic E-state index is -1.26. The maximum absolute atomic E-state index is 14.5. The first-order valence-corrected chi connectivity index (χ1v) is 11.8. The molecule has 3 rings (SSSR count). The zero-order valence-electron chi connectivity index (χ0n) is 21.3. The SMILES string of the molecule is CCCO/N=C/c1c2c(nc3cc(F)c(C)cc13)/C(=C/C(=C(\C=O)COC)[C@@](C)(O)CC)N(C)C2. The number of carbonyl (C=O) groups is 1. The molecule has 0 bridgehead atoms. The minimum Gasteiger partial charge on any atom is -0.396 e. The standard InChI is InChI=1S/C27H34FN3O4/c1-7-9-35-29-13-20-19-10-17(3)23(28)12-24(19)30-26-21(20)14-31(5)25(26)11-22(27(4,33)8-2)18(15-32)16-34-6/h10-13,15,33H,7-9,14,16H2,1-6H3/b22-18-,25-11-,29-13+/t27-/m0/s1. The van der Waals surface area contributed by atoms with Gasteiger partial charge in [-0.05, 0) is 50.0 Å². The van der Waals surface area contributed by atoms with Crippen LogP contribution in [0.3, 0.4) is 0 Å². The summed E-state index contributed by atoms with van der Waals surface area (Å²) in [5, 5.41) is 16.0. The van der Waals surface area contributed by atoms with Gasteiger partial charge in [-0.25, -0.2) is 9.37 Å². The van der Waals surface area contributed by atoms with Crippen molar-refractivity contribution in [2.24, 2.45) is 5.16 Å². The summed E-state index contributed by atoms with van der Waals surface area (Å²) in [7, 11) is 3.41. The molecule has 1 atom stereocenters. The fourth-order valence-electron chi connectivity index (χ4n) is 4.14. The van der Waals surface area contributed by atoms with E-state index in [0.717, 1.165) is 22.9 Å². The number of aryl methyl sites for hydroxylation is 1. The van der Waals surface area contributed by atoms with Gasteiger partial charge < -0.3 is 19.6 Å². The Labute approximate surface area is 205 Å². The zero-order valence-corrected chi connectivity index (χ0v) is 21.3. The van der Waals surface area contributed by atoms with E-state index in [2.05, 4.69) is 5.16 Å². The number of hydrogen-bond donors (Lipinski definition) is 1. The number of methoxy groups -OCH3 is 1. The van der Waals surface area contributed by atoms with E-state index in [1.54, 1.807) is 32.2 Å². The highest BCUT2D eigenvalue weighted by Gasteiger charge is 2.31. The second-order valence-electron chi connectivity index (χ2n) is 9.04. The number of oxime groups is 1. The Morgan fingerprint density at radius 3 is 2.74 bits per heavy atom. The lowest BCUT2D eigenvalue weighted by Crippen LogP contribution is -2.28. The summed E-state index contributed by atoms with van der Waals surface area (Å²) in [5.74, 6) is -0.343. The van der Waals surface area contributed by atoms with Gasteiger partial charge in [0.25, 0.3) is 0 Å². The number of nitrogens with zero attached hydrogens (tertiary/aromatic N) is 3. The molecule has 2 aromatic rings. The highest BCUT2D eigenvalue weighted by molar-refractivity contribution is 6.02. The number of ether oxygens (including phenoxy) is 1. The molecule has 1 N–H and O–H groups in total. The van der Waals surface area contributed by atoms with Crippen LogP contribution >= 0.6 is 0 Å². The highest BCUT2D eigenvalue weighted by atomic mass is 19.1. The van der Waals surface area contributed by atoms with Crippen molar-refractivity contribution in [3.8, 4) is 0 Å². The first kappa shape index (κ1) is 26.5. The van der Waals surface area contributed by atoms with Crippen LogP contribution in [-0.4, -0.2) is 60.5 Å². The smallest absolute Gasteiger partial charge is 0.148 e. The topological polar surface area (TPSA) is 84.2 Å². The molecular weight excluding hydrogens is 449 g/mol. The summed E-state index contributed by atoms with van der Waals surface area (Å²) < 4.78 is 19.7. The van der Waals surface area contributed by atoms with E-state index in [0.29, 0.717) is 59.5 Å². The van der Waals surface area contributed by atoms with Gasteiger partial charge in [0.1, 0.15) is 18.7 Å². The number of aldehydes is 1. The predicted molar refractivity (Wildman–Crippen MR) is 136 cm³/mol. The van der Waals surface area contributed by atoms with Crippen LogP contribution in [0, 0.1) is 12.7 Å². The van der Waals surface area contributed by atoms with E-state index in [4.69, 9.17) is 14.6 Å². The summed E-state index contributed by atoms with van der Waals surface area (Å²) in [6.07, 6.45) is 5.39. The molecule has 0 saturated heterocycles. The van der Waals surface area contributed by atoms with Crippen molar-refractivity contribution in [1.82, 2.24) is 9.88 Å². The Balaban J connectivity index is 2.31. The van der Waals surface area contributed by atoms with Gasteiger partial charge in [0.15, 0.2) is 0 Å². The lowest BCUT2D eigenvalue weighted by Gasteiger charge is -2.26. The van der Waals surface area contributed by atoms with Gasteiger partial charge in [0.05, 0.1) is 35.3 Å². The third kappa shape index (κ3) is 5.44. The number of benzene rings is 1. The Kier molecular flexibility index (Phi) is 8.40. The second-order valence-corrected chi connectivity index (χ2v) is 9.04. The van der Waals surface area contributed by atoms with Crippen molar-refractivity contribution in [1.29, 1.82) is 0 Å². The molecule has 2 heterocycles. The van der Waals surface area contributed by atoms with Crippen LogP contribution in [0.2, 0.25) is 0 Å². The van der Waals surface area contributed by atoms with Crippen LogP contribution in [0.15, 0.2) is 34.5 Å². The van der Waals surface area contributed by atoms with Crippen molar-refractivity contribution in [2.45, 2.75) is 52.7 Å². The number of halogens is 1. The van der Waals surface area contributed by atoms with Crippen LogP contribution in [0.25, 0.3) is 16.6 Å². The van der Waals surface area contributed by atoms with Crippen molar-refractivity contribution in [3.05, 3.63) is 57.6 Å². The van der Waals surface area contributed by atoms with Gasteiger partial charge in [-0.15, -0.1) is 0 Å². The van der Waals surface area contributed by atoms with E-state index >= 15 is 0 Å². The van der Waals surface area contributed by atoms with E-state index in [-0.39, 0.29) is 12.4 Å². The Morgan fingerprint density at radius 2 is 2.11 bits per heavy atom. The molecule has 0 spiro atoms. The Morgan fingerprint density at radius 1 is 1.37 bits per heavy atom. The van der Waals surface area contributed by atoms with Gasteiger partial charge >= 0.3 is 0 Å². The van der Waals surface area contributed by atoms with E-state index < -0.39 is 5.60 Å². The maximum Gasteiger partial charge on any atom is 0.148 e. The molecule has 1 aliphatic rings. The number of aromatic nitrogens is 1. The third-order valence-electron chi connectivity index (χ3n) is 6.35. The van der Waals surface area contributed by atoms with E-state index in [1.165, 1.54) is 13.2 Å². The molecule has 1 aromatic carbocycles. The lowest BCUT2D eigenvalue weighted by molar-refractivity contribution is -0.105. The molecule has 35 heavy (non-hydrogen) atoms. The molecule has 188 valence electrons. The first-order chi connectivity index (χ1) is 16.7. The van der Waals surface area contributed by atoms with Crippen molar-refractivity contribution < 1.29 is 23.9 Å². The van der Waals surface area contributed by atoms with Gasteiger partial charge in [0.2, 0.25) is 0 Å². The van der Waals surface area contributed by atoms with Crippen LogP contribution in [-0.2, 0) is 20.9 Å². The minimum absolute atomic E-state index is 0.0671. The summed E-state index contributed by atoms with van der Waals surface area (Å²) in [4.78, 5) is 24.0. The van der Waals surface area contributed by atoms with Crippen LogP contribution in [0.1, 0.15) is 56.0 Å². The van der Waals surface area contributed by atoms with Gasteiger partial charge in [0, 0.05) is 48.9 Å². The van der Waals surface area contributed by atoms with Crippen LogP contribution < -0.4 is 0 Å². The summed E-state index contributed by atoms with van der Waals surface area (Å²) in [6.45, 7) is 8.32. The lowest BCUT2D eigenvalue weighted by atomic mass is 9.88. The molecule has 0 aliphatic carbocycles. The number of carbonyl (C=O) groups excluding carboxylic acids is 1.